The topological polar surface area (TPSA) is 135 Å². The smallest absolute Gasteiger partial charge is 0.357 e. The molecule has 0 fully saturated rings. The maximum atomic E-state index is 12.2. The molecule has 1 aromatic heterocycles. The highest BCUT2D eigenvalue weighted by atomic mass is 79.9. The fraction of sp³-hybridized carbons (Fsp3) is 0.250. The molecule has 1 heterocycles. The number of halogens is 1. The molecule has 35 heavy (non-hydrogen) atoms. The highest BCUT2D eigenvalue weighted by Gasteiger charge is 2.24. The van der Waals surface area contributed by atoms with Gasteiger partial charge in [-0.25, -0.2) is 13.2 Å². The molecule has 11 heteroatoms. The number of hydrogen-bond donors (Lipinski definition) is 2. The van der Waals surface area contributed by atoms with E-state index in [0.29, 0.717) is 5.56 Å². The Hall–Kier alpha value is -3.31. The fourth-order valence-corrected chi connectivity index (χ4v) is 4.27. The molecule has 0 bridgehead atoms. The number of sulfone groups is 1. The van der Waals surface area contributed by atoms with E-state index in [0.717, 1.165) is 17.5 Å². The average molecular weight is 561 g/mol. The number of rotatable bonds is 9. The van der Waals surface area contributed by atoms with Crippen molar-refractivity contribution in [2.45, 2.75) is 31.6 Å². The summed E-state index contributed by atoms with van der Waals surface area (Å²) in [6, 6.07) is 13.7. The molecule has 0 aliphatic heterocycles. The normalized spacial score (nSPS) is 12.3. The quantitative estimate of drug-likeness (QED) is 0.275. The Labute approximate surface area is 212 Å². The van der Waals surface area contributed by atoms with Crippen LogP contribution in [0, 0.1) is 5.41 Å². The largest absolute Gasteiger partial charge is 0.461 e. The molecule has 9 nitrogen and oxygen atoms in total. The van der Waals surface area contributed by atoms with E-state index < -0.39 is 21.5 Å². The van der Waals surface area contributed by atoms with E-state index in [1.54, 1.807) is 19.1 Å². The van der Waals surface area contributed by atoms with Gasteiger partial charge in [0.1, 0.15) is 5.70 Å². The summed E-state index contributed by atoms with van der Waals surface area (Å²) < 4.78 is 34.8. The number of nitrogens with zero attached hydrogens (tertiary/aromatic N) is 2. The van der Waals surface area contributed by atoms with Gasteiger partial charge in [-0.1, -0.05) is 38.1 Å². The third-order valence-electron chi connectivity index (χ3n) is 4.91. The van der Waals surface area contributed by atoms with Crippen LogP contribution >= 0.6 is 15.9 Å². The van der Waals surface area contributed by atoms with Crippen molar-refractivity contribution >= 4 is 48.8 Å². The zero-order chi connectivity index (χ0) is 25.8. The Morgan fingerprint density at radius 1 is 1.17 bits per heavy atom. The molecule has 0 saturated carbocycles. The molecular formula is C24H25BrN4O5S. The zero-order valence-electron chi connectivity index (χ0n) is 19.6. The van der Waals surface area contributed by atoms with Gasteiger partial charge in [0, 0.05) is 17.5 Å². The zero-order valence-corrected chi connectivity index (χ0v) is 22.0. The van der Waals surface area contributed by atoms with Crippen molar-refractivity contribution in [3.8, 4) is 11.5 Å². The van der Waals surface area contributed by atoms with E-state index in [-0.39, 0.29) is 39.4 Å². The predicted octanol–water partition coefficient (Wildman–Crippen LogP) is 5.02. The van der Waals surface area contributed by atoms with Crippen LogP contribution in [0.15, 0.2) is 62.3 Å². The molecule has 2 aromatic carbocycles. The van der Waals surface area contributed by atoms with Crippen molar-refractivity contribution < 1.29 is 22.4 Å². The van der Waals surface area contributed by atoms with E-state index in [1.165, 1.54) is 12.1 Å². The molecule has 184 valence electrons. The first-order chi connectivity index (χ1) is 16.5. The lowest BCUT2D eigenvalue weighted by Crippen LogP contribution is -2.19. The number of ether oxygens (including phenoxy) is 1. The number of carbonyl (C=O) groups excluding carboxylic acids is 1. The molecule has 0 atom stereocenters. The van der Waals surface area contributed by atoms with Gasteiger partial charge >= 0.3 is 5.97 Å². The number of esters is 1. The van der Waals surface area contributed by atoms with Gasteiger partial charge in [-0.3, -0.25) is 5.41 Å². The van der Waals surface area contributed by atoms with Crippen LogP contribution in [0.2, 0.25) is 0 Å². The van der Waals surface area contributed by atoms with Crippen LogP contribution in [0.5, 0.6) is 0 Å². The van der Waals surface area contributed by atoms with Crippen LogP contribution in [0.4, 0.5) is 5.69 Å². The van der Waals surface area contributed by atoms with E-state index in [2.05, 4.69) is 31.4 Å². The number of para-hydroxylation sites is 1. The first kappa shape index (κ1) is 26.3. The Bertz CT molecular complexity index is 1400. The van der Waals surface area contributed by atoms with Crippen molar-refractivity contribution in [1.82, 2.24) is 10.2 Å². The molecule has 0 aliphatic rings. The van der Waals surface area contributed by atoms with Crippen LogP contribution in [0.25, 0.3) is 17.2 Å². The van der Waals surface area contributed by atoms with Crippen molar-refractivity contribution in [2.75, 3.05) is 18.2 Å². The number of anilines is 1. The molecule has 3 rings (SSSR count). The predicted molar refractivity (Wildman–Crippen MR) is 137 cm³/mol. The van der Waals surface area contributed by atoms with E-state index in [1.807, 2.05) is 38.1 Å². The Kier molecular flexibility index (Phi) is 8.23. The summed E-state index contributed by atoms with van der Waals surface area (Å²) in [6.45, 7) is 5.84. The van der Waals surface area contributed by atoms with Gasteiger partial charge in [0.2, 0.25) is 5.89 Å². The molecule has 3 aromatic rings. The monoisotopic (exact) mass is 560 g/mol. The van der Waals surface area contributed by atoms with Crippen molar-refractivity contribution in [2.24, 2.45) is 0 Å². The van der Waals surface area contributed by atoms with E-state index in [4.69, 9.17) is 14.6 Å². The lowest BCUT2D eigenvalue weighted by molar-refractivity contribution is -0.135. The molecule has 0 amide bonds. The summed E-state index contributed by atoms with van der Waals surface area (Å²) in [5.74, 6) is -0.578. The summed E-state index contributed by atoms with van der Waals surface area (Å²) >= 11 is 3.32. The summed E-state index contributed by atoms with van der Waals surface area (Å²) in [4.78, 5) is 12.4. The van der Waals surface area contributed by atoms with Gasteiger partial charge in [-0.05, 0) is 58.6 Å². The average Bonchev–Trinajstić information content (AvgIpc) is 3.31. The molecule has 2 N–H and O–H groups in total. The van der Waals surface area contributed by atoms with Gasteiger partial charge in [-0.2, -0.15) is 0 Å². The van der Waals surface area contributed by atoms with Gasteiger partial charge < -0.3 is 14.5 Å². The van der Waals surface area contributed by atoms with Crippen LogP contribution in [0.3, 0.4) is 0 Å². The molecular weight excluding hydrogens is 536 g/mol. The van der Waals surface area contributed by atoms with Gasteiger partial charge in [0.05, 0.1) is 16.0 Å². The standard InChI is InChI=1S/C24H25BrN4O5S/c1-5-33-24(30)20(26)19(25)21(27-18-12-7-6-11-17(18)14(2)3)23-29-28-22(34-23)15-9-8-10-16(13-15)35(4,31)32/h6-14,26-27H,5H2,1-4H3/b21-19+,26-20?. The number of aromatic nitrogens is 2. The Morgan fingerprint density at radius 3 is 2.54 bits per heavy atom. The van der Waals surface area contributed by atoms with Crippen molar-refractivity contribution in [1.29, 1.82) is 5.41 Å². The second kappa shape index (κ2) is 11.0. The van der Waals surface area contributed by atoms with Gasteiger partial charge in [0.15, 0.2) is 15.5 Å². The molecule has 0 spiro atoms. The SMILES string of the molecule is CCOC(=O)C(=N)/C(Br)=C(\Nc1ccccc1C(C)C)c1nnc(-c2cccc(S(C)(=O)=O)c2)o1. The summed E-state index contributed by atoms with van der Waals surface area (Å²) in [6.07, 6.45) is 1.11. The molecule has 0 unspecified atom stereocenters. The molecule has 0 radical (unpaired) electrons. The maximum Gasteiger partial charge on any atom is 0.357 e. The third kappa shape index (κ3) is 6.23. The minimum atomic E-state index is -3.43. The van der Waals surface area contributed by atoms with Crippen molar-refractivity contribution in [3.05, 3.63) is 64.5 Å². The van der Waals surface area contributed by atoms with Crippen LogP contribution in [0.1, 0.15) is 38.1 Å². The van der Waals surface area contributed by atoms with Gasteiger partial charge in [-0.15, -0.1) is 10.2 Å². The first-order valence-corrected chi connectivity index (χ1v) is 13.4. The Morgan fingerprint density at radius 2 is 1.89 bits per heavy atom. The Balaban J connectivity index is 2.11. The number of benzene rings is 2. The first-order valence-electron chi connectivity index (χ1n) is 10.7. The highest BCUT2D eigenvalue weighted by Crippen LogP contribution is 2.32. The lowest BCUT2D eigenvalue weighted by atomic mass is 10.0. The van der Waals surface area contributed by atoms with Crippen LogP contribution in [-0.2, 0) is 19.4 Å². The summed E-state index contributed by atoms with van der Waals surface area (Å²) in [5.41, 5.74) is 1.88. The number of carbonyl (C=O) groups is 1. The fourth-order valence-electron chi connectivity index (χ4n) is 3.17. The summed E-state index contributed by atoms with van der Waals surface area (Å²) in [7, 11) is -3.43. The van der Waals surface area contributed by atoms with E-state index >= 15 is 0 Å². The van der Waals surface area contributed by atoms with Crippen LogP contribution < -0.4 is 5.32 Å². The van der Waals surface area contributed by atoms with Gasteiger partial charge in [0.25, 0.3) is 5.89 Å². The maximum absolute atomic E-state index is 12.2. The molecule has 0 aliphatic carbocycles. The minimum Gasteiger partial charge on any atom is -0.461 e. The highest BCUT2D eigenvalue weighted by molar-refractivity contribution is 9.12. The minimum absolute atomic E-state index is 0.00996. The summed E-state index contributed by atoms with van der Waals surface area (Å²) in [5, 5.41) is 19.7. The second-order valence-corrected chi connectivity index (χ2v) is 10.7. The third-order valence-corrected chi connectivity index (χ3v) is 6.81. The van der Waals surface area contributed by atoms with Crippen LogP contribution in [-0.4, -0.2) is 43.2 Å². The van der Waals surface area contributed by atoms with E-state index in [9.17, 15) is 13.2 Å². The number of nitrogens with one attached hydrogen (secondary N) is 2. The number of hydrogen-bond acceptors (Lipinski definition) is 9. The molecule has 0 saturated heterocycles. The van der Waals surface area contributed by atoms with Crippen molar-refractivity contribution in [3.63, 3.8) is 0 Å². The lowest BCUT2D eigenvalue weighted by Gasteiger charge is -2.16. The second-order valence-electron chi connectivity index (χ2n) is 7.86.